The Morgan fingerprint density at radius 3 is 2.41 bits per heavy atom. The van der Waals surface area contributed by atoms with Gasteiger partial charge >= 0.3 is 0 Å². The largest absolute Gasteiger partial charge is 0.479 e. The fourth-order valence-electron chi connectivity index (χ4n) is 2.67. The number of carbonyl (C=O) groups is 1. The van der Waals surface area contributed by atoms with E-state index in [0.29, 0.717) is 9.23 Å². The van der Waals surface area contributed by atoms with Crippen molar-refractivity contribution in [3.63, 3.8) is 0 Å². The molecule has 0 saturated carbocycles. The van der Waals surface area contributed by atoms with Crippen LogP contribution in [0.3, 0.4) is 0 Å². The van der Waals surface area contributed by atoms with E-state index in [-0.39, 0.29) is 12.5 Å². The first-order valence-electron chi connectivity index (χ1n) is 7.82. The molecule has 1 aliphatic rings. The van der Waals surface area contributed by atoms with Crippen LogP contribution in [0.15, 0.2) is 29.2 Å². The van der Waals surface area contributed by atoms with Crippen LogP contribution < -0.4 is 9.75 Å². The van der Waals surface area contributed by atoms with Crippen LogP contribution in [0.25, 0.3) is 6.08 Å². The first-order chi connectivity index (χ1) is 12.8. The van der Waals surface area contributed by atoms with Gasteiger partial charge in [0.2, 0.25) is 0 Å². The Balaban J connectivity index is 1.94. The zero-order chi connectivity index (χ0) is 19.7. The third kappa shape index (κ3) is 4.21. The Labute approximate surface area is 195 Å². The Bertz CT molecular complexity index is 979. The summed E-state index contributed by atoms with van der Waals surface area (Å²) in [4.78, 5) is 13.6. The second kappa shape index (κ2) is 8.55. The molecule has 1 fully saturated rings. The van der Waals surface area contributed by atoms with Crippen LogP contribution in [-0.4, -0.2) is 21.5 Å². The smallest absolute Gasteiger partial charge is 0.285 e. The molecule has 0 aliphatic carbocycles. The topological polar surface area (TPSA) is 34.5 Å². The van der Waals surface area contributed by atoms with Crippen molar-refractivity contribution in [2.75, 3.05) is 11.6 Å². The molecule has 0 unspecified atom stereocenters. The number of aryl methyl sites for hydroxylation is 2. The van der Waals surface area contributed by atoms with Gasteiger partial charge in [0, 0.05) is 11.4 Å². The summed E-state index contributed by atoms with van der Waals surface area (Å²) in [5.74, 6) is 3.11. The summed E-state index contributed by atoms with van der Waals surface area (Å²) in [7, 11) is 0. The summed E-state index contributed by atoms with van der Waals surface area (Å²) in [6, 6.07) is 7.87. The minimum absolute atomic E-state index is 0.120. The predicted octanol–water partition coefficient (Wildman–Crippen LogP) is 4.86. The van der Waals surface area contributed by atoms with E-state index in [1.165, 1.54) is 11.8 Å². The molecule has 2 aromatic rings. The van der Waals surface area contributed by atoms with Crippen molar-refractivity contribution in [3.05, 3.63) is 53.3 Å². The molecule has 1 amide bonds. The van der Waals surface area contributed by atoms with Gasteiger partial charge in [0.15, 0.2) is 4.32 Å². The van der Waals surface area contributed by atoms with Crippen molar-refractivity contribution in [2.24, 2.45) is 0 Å². The molecular formula is C19H14I2N2O2S2. The zero-order valence-corrected chi connectivity index (χ0v) is 20.4. The molecule has 2 heterocycles. The highest BCUT2D eigenvalue weighted by atomic mass is 127. The van der Waals surface area contributed by atoms with E-state index in [2.05, 4.69) is 51.1 Å². The van der Waals surface area contributed by atoms with Crippen molar-refractivity contribution in [3.8, 4) is 18.1 Å². The van der Waals surface area contributed by atoms with Gasteiger partial charge in [-0.25, -0.2) is 0 Å². The lowest BCUT2D eigenvalue weighted by molar-refractivity contribution is -0.114. The van der Waals surface area contributed by atoms with Crippen LogP contribution in [-0.2, 0) is 4.79 Å². The van der Waals surface area contributed by atoms with Gasteiger partial charge < -0.3 is 4.74 Å². The number of hydrogen-bond acceptors (Lipinski definition) is 4. The van der Waals surface area contributed by atoms with E-state index in [1.54, 1.807) is 5.01 Å². The second-order valence-corrected chi connectivity index (χ2v) is 9.73. The highest BCUT2D eigenvalue weighted by molar-refractivity contribution is 14.1. The number of thioether (sulfide) groups is 1. The molecule has 8 heteroatoms. The number of carbonyl (C=O) groups excluding carboxylic acids is 1. The summed E-state index contributed by atoms with van der Waals surface area (Å²) in [5.41, 5.74) is 2.84. The van der Waals surface area contributed by atoms with E-state index in [9.17, 15) is 4.79 Å². The highest BCUT2D eigenvalue weighted by Gasteiger charge is 2.34. The van der Waals surface area contributed by atoms with E-state index < -0.39 is 0 Å². The molecule has 0 spiro atoms. The van der Waals surface area contributed by atoms with Crippen molar-refractivity contribution in [1.29, 1.82) is 0 Å². The average Bonchev–Trinajstić information content (AvgIpc) is 3.06. The van der Waals surface area contributed by atoms with Gasteiger partial charge in [-0.1, -0.05) is 17.7 Å². The molecule has 4 nitrogen and oxygen atoms in total. The molecule has 1 aromatic heterocycles. The summed E-state index contributed by atoms with van der Waals surface area (Å²) in [6.07, 6.45) is 7.13. The van der Waals surface area contributed by atoms with Crippen LogP contribution >= 0.6 is 69.2 Å². The van der Waals surface area contributed by atoms with Gasteiger partial charge in [0.1, 0.15) is 12.4 Å². The van der Waals surface area contributed by atoms with E-state index in [0.717, 1.165) is 29.8 Å². The molecule has 0 N–H and O–H groups in total. The Morgan fingerprint density at radius 2 is 1.85 bits per heavy atom. The molecular weight excluding hydrogens is 606 g/mol. The van der Waals surface area contributed by atoms with Gasteiger partial charge in [-0.3, -0.25) is 9.47 Å². The average molecular weight is 620 g/mol. The predicted molar refractivity (Wildman–Crippen MR) is 131 cm³/mol. The second-order valence-electron chi connectivity index (χ2n) is 5.73. The monoisotopic (exact) mass is 620 g/mol. The fourth-order valence-corrected chi connectivity index (χ4v) is 6.04. The van der Waals surface area contributed by atoms with Crippen LogP contribution in [0.4, 0.5) is 0 Å². The van der Waals surface area contributed by atoms with E-state index in [4.69, 9.17) is 23.4 Å². The summed E-state index contributed by atoms with van der Waals surface area (Å²) < 4.78 is 9.84. The lowest BCUT2D eigenvalue weighted by atomic mass is 10.2. The molecule has 138 valence electrons. The molecule has 27 heavy (non-hydrogen) atoms. The zero-order valence-electron chi connectivity index (χ0n) is 14.5. The van der Waals surface area contributed by atoms with E-state index >= 15 is 0 Å². The molecule has 1 aliphatic heterocycles. The Hall–Kier alpha value is -1.03. The normalized spacial score (nSPS) is 15.5. The van der Waals surface area contributed by atoms with Gasteiger partial charge in [0.25, 0.3) is 5.91 Å². The lowest BCUT2D eigenvalue weighted by Gasteiger charge is -2.20. The quantitative estimate of drug-likeness (QED) is 0.212. The van der Waals surface area contributed by atoms with Crippen LogP contribution in [0, 0.1) is 33.3 Å². The van der Waals surface area contributed by atoms with Crippen LogP contribution in [0.2, 0.25) is 0 Å². The summed E-state index contributed by atoms with van der Waals surface area (Å²) in [5, 5.41) is 1.55. The van der Waals surface area contributed by atoms with Crippen molar-refractivity contribution in [1.82, 2.24) is 4.68 Å². The van der Waals surface area contributed by atoms with Crippen molar-refractivity contribution >= 4 is 85.5 Å². The number of halogens is 2. The first kappa shape index (κ1) is 20.7. The molecule has 3 rings (SSSR count). The number of ether oxygens (including phenoxy) is 1. The molecule has 1 saturated heterocycles. The van der Waals surface area contributed by atoms with Crippen LogP contribution in [0.5, 0.6) is 5.75 Å². The number of aromatic nitrogens is 1. The van der Waals surface area contributed by atoms with Crippen molar-refractivity contribution in [2.45, 2.75) is 13.8 Å². The van der Waals surface area contributed by atoms with Gasteiger partial charge in [-0.05, 0) is 107 Å². The maximum Gasteiger partial charge on any atom is 0.285 e. The minimum atomic E-state index is -0.120. The number of hydrogen-bond donors (Lipinski definition) is 0. The number of amides is 1. The maximum atomic E-state index is 13.0. The fraction of sp³-hybridized carbons (Fsp3) is 0.158. The maximum absolute atomic E-state index is 13.0. The molecule has 1 aromatic carbocycles. The summed E-state index contributed by atoms with van der Waals surface area (Å²) >= 11 is 11.2. The third-order valence-electron chi connectivity index (χ3n) is 3.83. The van der Waals surface area contributed by atoms with Gasteiger partial charge in [-0.15, -0.1) is 6.42 Å². The summed E-state index contributed by atoms with van der Waals surface area (Å²) in [6.45, 7) is 4.13. The number of thiocarbonyl (C=S) groups is 1. The van der Waals surface area contributed by atoms with Gasteiger partial charge in [0.05, 0.1) is 12.0 Å². The van der Waals surface area contributed by atoms with E-state index in [1.807, 2.05) is 48.9 Å². The Morgan fingerprint density at radius 1 is 1.26 bits per heavy atom. The number of benzene rings is 1. The molecule has 0 atom stereocenters. The van der Waals surface area contributed by atoms with Gasteiger partial charge in [-0.2, -0.15) is 5.01 Å². The third-order valence-corrected chi connectivity index (χ3v) is 6.71. The number of nitrogens with zero attached hydrogens (tertiary/aromatic N) is 2. The standard InChI is InChI=1S/C19H14I2N2O2S2/c1-4-7-25-17-14(20)8-13(9-15(17)21)10-16-18(24)23(19(26)27-16)22-11(2)5-6-12(22)3/h1,5-6,8-10H,7H2,2-3H3/b16-10-. The van der Waals surface area contributed by atoms with Crippen molar-refractivity contribution < 1.29 is 9.53 Å². The number of terminal acetylenes is 1. The van der Waals surface area contributed by atoms with Crippen LogP contribution in [0.1, 0.15) is 17.0 Å². The minimum Gasteiger partial charge on any atom is -0.479 e. The highest BCUT2D eigenvalue weighted by Crippen LogP contribution is 2.35. The Kier molecular flexibility index (Phi) is 6.55. The molecule has 0 radical (unpaired) electrons. The number of rotatable bonds is 4. The lowest BCUT2D eigenvalue weighted by Crippen LogP contribution is -2.39. The first-order valence-corrected chi connectivity index (χ1v) is 11.2. The SMILES string of the molecule is C#CCOc1c(I)cc(/C=C2\SC(=S)N(n3c(C)ccc3C)C2=O)cc1I. The molecule has 0 bridgehead atoms.